The van der Waals surface area contributed by atoms with E-state index in [1.54, 1.807) is 0 Å². The molecule has 1 aliphatic heterocycles. The Kier molecular flexibility index (Phi) is 4.73. The fraction of sp³-hybridized carbons (Fsp3) is 0.889. The first-order valence-electron chi connectivity index (χ1n) is 4.69. The number of carbonyl (C=O) groups is 1. The minimum atomic E-state index is 0.182. The third-order valence-corrected chi connectivity index (χ3v) is 2.51. The van der Waals surface area contributed by atoms with E-state index in [1.165, 1.54) is 0 Å². The molecule has 1 heterocycles. The van der Waals surface area contributed by atoms with Crippen molar-refractivity contribution in [3.8, 4) is 0 Å². The maximum Gasteiger partial charge on any atom is 0.223 e. The predicted octanol–water partition coefficient (Wildman–Crippen LogP) is 1.41. The van der Waals surface area contributed by atoms with Crippen LogP contribution in [0, 0.1) is 0 Å². The lowest BCUT2D eigenvalue weighted by Gasteiger charge is -2.21. The number of hydrogen-bond acceptors (Lipinski definition) is 2. The molecule has 1 rings (SSSR count). The Balaban J connectivity index is 2.42. The van der Waals surface area contributed by atoms with Gasteiger partial charge in [0.15, 0.2) is 0 Å². The van der Waals surface area contributed by atoms with Gasteiger partial charge in [-0.1, -0.05) is 15.9 Å². The first-order chi connectivity index (χ1) is 6.24. The number of halogens is 1. The van der Waals surface area contributed by atoms with E-state index >= 15 is 0 Å². The van der Waals surface area contributed by atoms with Crippen LogP contribution in [0.1, 0.15) is 19.8 Å². The summed E-state index contributed by atoms with van der Waals surface area (Å²) in [6.07, 6.45) is 1.73. The summed E-state index contributed by atoms with van der Waals surface area (Å²) in [7, 11) is 0. The van der Waals surface area contributed by atoms with Crippen molar-refractivity contribution in [3.05, 3.63) is 0 Å². The molecule has 76 valence electrons. The number of amides is 1. The van der Waals surface area contributed by atoms with Gasteiger partial charge in [-0.2, -0.15) is 0 Å². The highest BCUT2D eigenvalue weighted by atomic mass is 79.9. The summed E-state index contributed by atoms with van der Waals surface area (Å²) in [6, 6.07) is 0. The summed E-state index contributed by atoms with van der Waals surface area (Å²) in [5.74, 6) is 0.231. The summed E-state index contributed by atoms with van der Waals surface area (Å²) >= 11 is 3.27. The highest BCUT2D eigenvalue weighted by Gasteiger charge is 2.18. The first-order valence-corrected chi connectivity index (χ1v) is 5.81. The van der Waals surface area contributed by atoms with Gasteiger partial charge < -0.3 is 9.64 Å². The van der Waals surface area contributed by atoms with Crippen molar-refractivity contribution in [2.75, 3.05) is 25.0 Å². The van der Waals surface area contributed by atoms with Gasteiger partial charge in [0.05, 0.1) is 6.10 Å². The number of hydrogen-bond donors (Lipinski definition) is 0. The molecular weight excluding hydrogens is 234 g/mol. The molecule has 4 heteroatoms. The van der Waals surface area contributed by atoms with E-state index in [4.69, 9.17) is 4.74 Å². The second-order valence-electron chi connectivity index (χ2n) is 3.31. The summed E-state index contributed by atoms with van der Waals surface area (Å²) in [6.45, 7) is 4.38. The van der Waals surface area contributed by atoms with Gasteiger partial charge in [0.25, 0.3) is 0 Å². The topological polar surface area (TPSA) is 29.5 Å². The monoisotopic (exact) mass is 249 g/mol. The quantitative estimate of drug-likeness (QED) is 0.693. The molecule has 1 saturated heterocycles. The van der Waals surface area contributed by atoms with Crippen LogP contribution in [0.3, 0.4) is 0 Å². The third-order valence-electron chi connectivity index (χ3n) is 2.11. The van der Waals surface area contributed by atoms with Crippen molar-refractivity contribution >= 4 is 21.8 Å². The van der Waals surface area contributed by atoms with Crippen molar-refractivity contribution in [1.82, 2.24) is 4.90 Å². The van der Waals surface area contributed by atoms with Gasteiger partial charge in [0.2, 0.25) is 5.91 Å². The van der Waals surface area contributed by atoms with Crippen molar-refractivity contribution < 1.29 is 9.53 Å². The molecule has 1 fully saturated rings. The van der Waals surface area contributed by atoms with E-state index in [1.807, 2.05) is 11.8 Å². The van der Waals surface area contributed by atoms with Crippen molar-refractivity contribution in [3.63, 3.8) is 0 Å². The Morgan fingerprint density at radius 3 is 3.15 bits per heavy atom. The van der Waals surface area contributed by atoms with Crippen LogP contribution in [0.25, 0.3) is 0 Å². The lowest BCUT2D eigenvalue weighted by molar-refractivity contribution is -0.131. The Hall–Kier alpha value is -0.0900. The van der Waals surface area contributed by atoms with Crippen LogP contribution in [0.15, 0.2) is 0 Å². The van der Waals surface area contributed by atoms with Gasteiger partial charge in [-0.25, -0.2) is 0 Å². The molecule has 0 aromatic carbocycles. The molecule has 0 N–H and O–H groups in total. The van der Waals surface area contributed by atoms with E-state index in [2.05, 4.69) is 15.9 Å². The molecular formula is C9H16BrNO2. The van der Waals surface area contributed by atoms with Gasteiger partial charge in [-0.15, -0.1) is 0 Å². The Morgan fingerprint density at radius 1 is 1.69 bits per heavy atom. The molecule has 0 spiro atoms. The Morgan fingerprint density at radius 2 is 2.46 bits per heavy atom. The SMILES string of the molecule is CC1CN(C(=O)CCBr)CCCO1. The zero-order chi connectivity index (χ0) is 9.68. The van der Waals surface area contributed by atoms with Crippen LogP contribution in [0.5, 0.6) is 0 Å². The van der Waals surface area contributed by atoms with Gasteiger partial charge in [0, 0.05) is 31.4 Å². The maximum absolute atomic E-state index is 11.5. The normalized spacial score (nSPS) is 24.2. The molecule has 0 aliphatic carbocycles. The molecule has 3 nitrogen and oxygen atoms in total. The van der Waals surface area contributed by atoms with Crippen molar-refractivity contribution in [1.29, 1.82) is 0 Å². The van der Waals surface area contributed by atoms with Gasteiger partial charge >= 0.3 is 0 Å². The van der Waals surface area contributed by atoms with Crippen LogP contribution in [0.4, 0.5) is 0 Å². The molecule has 0 aromatic rings. The molecule has 1 aliphatic rings. The summed E-state index contributed by atoms with van der Waals surface area (Å²) in [5.41, 5.74) is 0. The number of nitrogens with zero attached hydrogens (tertiary/aromatic N) is 1. The molecule has 1 atom stereocenters. The van der Waals surface area contributed by atoms with Gasteiger partial charge in [0.1, 0.15) is 0 Å². The summed E-state index contributed by atoms with van der Waals surface area (Å²) in [5, 5.41) is 0.748. The number of alkyl halides is 1. The number of ether oxygens (including phenoxy) is 1. The second kappa shape index (κ2) is 5.60. The molecule has 0 aromatic heterocycles. The minimum absolute atomic E-state index is 0.182. The zero-order valence-corrected chi connectivity index (χ0v) is 9.55. The van der Waals surface area contributed by atoms with Gasteiger partial charge in [-0.3, -0.25) is 4.79 Å². The van der Waals surface area contributed by atoms with E-state index in [0.717, 1.165) is 31.4 Å². The van der Waals surface area contributed by atoms with Crippen LogP contribution in [-0.4, -0.2) is 41.9 Å². The average Bonchev–Trinajstić information content (AvgIpc) is 2.30. The van der Waals surface area contributed by atoms with Crippen LogP contribution >= 0.6 is 15.9 Å². The lowest BCUT2D eigenvalue weighted by Crippen LogP contribution is -2.35. The Labute approximate surface area is 87.6 Å². The summed E-state index contributed by atoms with van der Waals surface area (Å²) < 4.78 is 5.46. The fourth-order valence-electron chi connectivity index (χ4n) is 1.46. The molecule has 13 heavy (non-hydrogen) atoms. The Bertz CT molecular complexity index is 175. The largest absolute Gasteiger partial charge is 0.377 e. The molecule has 0 bridgehead atoms. The van der Waals surface area contributed by atoms with Crippen LogP contribution < -0.4 is 0 Å². The van der Waals surface area contributed by atoms with Crippen LogP contribution in [-0.2, 0) is 9.53 Å². The van der Waals surface area contributed by atoms with Crippen LogP contribution in [0.2, 0.25) is 0 Å². The smallest absolute Gasteiger partial charge is 0.223 e. The van der Waals surface area contributed by atoms with E-state index in [0.29, 0.717) is 6.42 Å². The lowest BCUT2D eigenvalue weighted by atomic mass is 10.3. The minimum Gasteiger partial charge on any atom is -0.377 e. The highest BCUT2D eigenvalue weighted by molar-refractivity contribution is 9.09. The number of carbonyl (C=O) groups excluding carboxylic acids is 1. The highest BCUT2D eigenvalue weighted by Crippen LogP contribution is 2.07. The second-order valence-corrected chi connectivity index (χ2v) is 4.11. The zero-order valence-electron chi connectivity index (χ0n) is 7.96. The van der Waals surface area contributed by atoms with E-state index in [-0.39, 0.29) is 12.0 Å². The van der Waals surface area contributed by atoms with E-state index < -0.39 is 0 Å². The molecule has 0 saturated carbocycles. The van der Waals surface area contributed by atoms with Crippen molar-refractivity contribution in [2.45, 2.75) is 25.9 Å². The number of rotatable bonds is 2. The first kappa shape index (κ1) is 11.0. The third kappa shape index (κ3) is 3.65. The fourth-order valence-corrected chi connectivity index (χ4v) is 1.80. The summed E-state index contributed by atoms with van der Waals surface area (Å²) in [4.78, 5) is 13.4. The van der Waals surface area contributed by atoms with E-state index in [9.17, 15) is 4.79 Å². The molecule has 1 amide bonds. The molecule has 1 unspecified atom stereocenters. The maximum atomic E-state index is 11.5. The predicted molar refractivity (Wildman–Crippen MR) is 55.0 cm³/mol. The van der Waals surface area contributed by atoms with Gasteiger partial charge in [-0.05, 0) is 13.3 Å². The average molecular weight is 250 g/mol. The molecule has 0 radical (unpaired) electrons. The standard InChI is InChI=1S/C9H16BrNO2/c1-8-7-11(5-2-6-13-8)9(12)3-4-10/h8H,2-7H2,1H3. The van der Waals surface area contributed by atoms with Crippen molar-refractivity contribution in [2.24, 2.45) is 0 Å².